The van der Waals surface area contributed by atoms with Gasteiger partial charge in [-0.15, -0.1) is 0 Å². The highest BCUT2D eigenvalue weighted by molar-refractivity contribution is 7.85. The molecule has 0 aromatic heterocycles. The molecule has 2 aliphatic rings. The summed E-state index contributed by atoms with van der Waals surface area (Å²) in [4.78, 5) is 11.2. The predicted molar refractivity (Wildman–Crippen MR) is 81.0 cm³/mol. The molecule has 8 heteroatoms. The lowest BCUT2D eigenvalue weighted by Gasteiger charge is -2.19. The Kier molecular flexibility index (Phi) is 4.05. The highest BCUT2D eigenvalue weighted by Gasteiger charge is 2.32. The first-order valence-corrected chi connectivity index (χ1v) is 8.30. The van der Waals surface area contributed by atoms with E-state index in [1.54, 1.807) is 0 Å². The monoisotopic (exact) mass is 327 g/mol. The second-order valence-corrected chi connectivity index (χ2v) is 6.90. The van der Waals surface area contributed by atoms with E-state index in [1.165, 1.54) is 12.1 Å². The van der Waals surface area contributed by atoms with E-state index in [0.717, 1.165) is 17.3 Å². The molecule has 3 N–H and O–H groups in total. The third kappa shape index (κ3) is 2.80. The molecule has 3 atom stereocenters. The standard InChI is InChI=1S/C14H18FN3O3S/c1-8-10(2-3-16-8)4-9-5-11(15)14(12(19)6-9)18-7-13(20)17-22(18)21/h5-6,8,10,16,19H,2-4,7H2,1H3,(H,17,20). The Labute approximate surface area is 130 Å². The molecule has 0 spiro atoms. The molecule has 2 heterocycles. The third-order valence-corrected chi connectivity index (χ3v) is 5.34. The summed E-state index contributed by atoms with van der Waals surface area (Å²) in [6, 6.07) is 3.20. The Hall–Kier alpha value is -1.67. The van der Waals surface area contributed by atoms with Gasteiger partial charge in [0.1, 0.15) is 18.0 Å². The Bertz CT molecular complexity index is 617. The summed E-state index contributed by atoms with van der Waals surface area (Å²) in [6.07, 6.45) is 1.68. The van der Waals surface area contributed by atoms with Gasteiger partial charge in [-0.3, -0.25) is 13.8 Å². The first kappa shape index (κ1) is 15.2. The maximum absolute atomic E-state index is 14.3. The van der Waals surface area contributed by atoms with E-state index >= 15 is 0 Å². The molecule has 2 aliphatic heterocycles. The van der Waals surface area contributed by atoms with E-state index in [0.29, 0.717) is 23.9 Å². The van der Waals surface area contributed by atoms with Gasteiger partial charge in [0, 0.05) is 6.04 Å². The number of carbonyl (C=O) groups is 1. The minimum absolute atomic E-state index is 0.196. The largest absolute Gasteiger partial charge is 0.506 e. The van der Waals surface area contributed by atoms with Crippen molar-refractivity contribution in [1.82, 2.24) is 10.0 Å². The summed E-state index contributed by atoms with van der Waals surface area (Å²) >= 11 is -1.85. The van der Waals surface area contributed by atoms with Crippen molar-refractivity contribution < 1.29 is 18.5 Å². The number of rotatable bonds is 3. The van der Waals surface area contributed by atoms with Crippen molar-refractivity contribution in [2.45, 2.75) is 25.8 Å². The van der Waals surface area contributed by atoms with E-state index in [4.69, 9.17) is 0 Å². The van der Waals surface area contributed by atoms with Gasteiger partial charge in [-0.2, -0.15) is 0 Å². The fraction of sp³-hybridized carbons (Fsp3) is 0.500. The van der Waals surface area contributed by atoms with Gasteiger partial charge in [0.05, 0.1) is 0 Å². The molecule has 0 saturated carbocycles. The van der Waals surface area contributed by atoms with Crippen LogP contribution in [-0.2, 0) is 22.4 Å². The van der Waals surface area contributed by atoms with Gasteiger partial charge < -0.3 is 10.4 Å². The van der Waals surface area contributed by atoms with Crippen molar-refractivity contribution in [2.75, 3.05) is 17.4 Å². The normalized spacial score (nSPS) is 28.2. The molecule has 0 bridgehead atoms. The van der Waals surface area contributed by atoms with Crippen LogP contribution in [-0.4, -0.2) is 34.4 Å². The number of nitrogens with one attached hydrogen (secondary N) is 2. The molecule has 1 aromatic rings. The van der Waals surface area contributed by atoms with Gasteiger partial charge in [0.2, 0.25) is 11.2 Å². The van der Waals surface area contributed by atoms with Crippen LogP contribution in [0.3, 0.4) is 0 Å². The molecule has 3 unspecified atom stereocenters. The number of anilines is 1. The zero-order valence-electron chi connectivity index (χ0n) is 12.1. The zero-order valence-corrected chi connectivity index (χ0v) is 13.0. The van der Waals surface area contributed by atoms with E-state index in [2.05, 4.69) is 17.0 Å². The molecule has 3 rings (SSSR count). The number of nitrogens with zero attached hydrogens (tertiary/aromatic N) is 1. The summed E-state index contributed by atoms with van der Waals surface area (Å²) < 4.78 is 29.3. The number of hydrogen-bond donors (Lipinski definition) is 3. The lowest BCUT2D eigenvalue weighted by Crippen LogP contribution is -2.25. The average molecular weight is 327 g/mol. The molecule has 120 valence electrons. The van der Waals surface area contributed by atoms with E-state index in [-0.39, 0.29) is 18.0 Å². The highest BCUT2D eigenvalue weighted by Crippen LogP contribution is 2.34. The van der Waals surface area contributed by atoms with Crippen molar-refractivity contribution in [2.24, 2.45) is 5.92 Å². The number of carbonyl (C=O) groups excluding carboxylic acids is 1. The van der Waals surface area contributed by atoms with Gasteiger partial charge in [0.15, 0.2) is 5.82 Å². The van der Waals surface area contributed by atoms with Crippen LogP contribution in [0.25, 0.3) is 0 Å². The quantitative estimate of drug-likeness (QED) is 0.759. The first-order chi connectivity index (χ1) is 10.5. The molecular formula is C14H18FN3O3S. The molecule has 2 saturated heterocycles. The van der Waals surface area contributed by atoms with Crippen LogP contribution in [0.5, 0.6) is 5.75 Å². The van der Waals surface area contributed by atoms with E-state index < -0.39 is 22.9 Å². The molecule has 2 fully saturated rings. The molecule has 0 aliphatic carbocycles. The second-order valence-electron chi connectivity index (χ2n) is 5.75. The molecule has 0 radical (unpaired) electrons. The number of phenols is 1. The predicted octanol–water partition coefficient (Wildman–Crippen LogP) is 0.587. The Morgan fingerprint density at radius 1 is 1.50 bits per heavy atom. The Morgan fingerprint density at radius 3 is 2.82 bits per heavy atom. The van der Waals surface area contributed by atoms with Gasteiger partial charge >= 0.3 is 0 Å². The summed E-state index contributed by atoms with van der Waals surface area (Å²) in [5.41, 5.74) is 0.501. The van der Waals surface area contributed by atoms with Gasteiger partial charge in [-0.1, -0.05) is 0 Å². The summed E-state index contributed by atoms with van der Waals surface area (Å²) in [6.45, 7) is 2.80. The SMILES string of the molecule is CC1NCCC1Cc1cc(O)c(N2CC(=O)NS2=O)c(F)c1. The molecule has 6 nitrogen and oxygen atoms in total. The lowest BCUT2D eigenvalue weighted by molar-refractivity contribution is -0.117. The van der Waals surface area contributed by atoms with Crippen LogP contribution < -0.4 is 14.3 Å². The highest BCUT2D eigenvalue weighted by atomic mass is 32.2. The smallest absolute Gasteiger partial charge is 0.253 e. The molecule has 22 heavy (non-hydrogen) atoms. The van der Waals surface area contributed by atoms with Crippen LogP contribution in [0.2, 0.25) is 0 Å². The topological polar surface area (TPSA) is 81.7 Å². The van der Waals surface area contributed by atoms with Crippen molar-refractivity contribution in [1.29, 1.82) is 0 Å². The van der Waals surface area contributed by atoms with Gasteiger partial charge in [-0.25, -0.2) is 8.60 Å². The van der Waals surface area contributed by atoms with Crippen molar-refractivity contribution in [3.63, 3.8) is 0 Å². The maximum atomic E-state index is 14.3. The van der Waals surface area contributed by atoms with E-state index in [9.17, 15) is 18.5 Å². The number of benzene rings is 1. The fourth-order valence-electron chi connectivity index (χ4n) is 3.03. The van der Waals surface area contributed by atoms with E-state index in [1.807, 2.05) is 0 Å². The number of hydrogen-bond acceptors (Lipinski definition) is 4. The third-order valence-electron chi connectivity index (χ3n) is 4.23. The summed E-state index contributed by atoms with van der Waals surface area (Å²) in [5.74, 6) is -1.03. The lowest BCUT2D eigenvalue weighted by atomic mass is 9.93. The summed E-state index contributed by atoms with van der Waals surface area (Å²) in [7, 11) is 0. The van der Waals surface area contributed by atoms with Crippen LogP contribution >= 0.6 is 0 Å². The second kappa shape index (κ2) is 5.85. The van der Waals surface area contributed by atoms with Crippen molar-refractivity contribution in [3.05, 3.63) is 23.5 Å². The molecular weight excluding hydrogens is 309 g/mol. The average Bonchev–Trinajstić information content (AvgIpc) is 2.96. The van der Waals surface area contributed by atoms with Gasteiger partial charge in [0.25, 0.3) is 5.91 Å². The van der Waals surface area contributed by atoms with Crippen molar-refractivity contribution in [3.8, 4) is 5.75 Å². The maximum Gasteiger partial charge on any atom is 0.253 e. The molecule has 1 amide bonds. The van der Waals surface area contributed by atoms with Crippen LogP contribution in [0.4, 0.5) is 10.1 Å². The van der Waals surface area contributed by atoms with Crippen LogP contribution in [0.15, 0.2) is 12.1 Å². The number of aromatic hydroxyl groups is 1. The first-order valence-electron chi connectivity index (χ1n) is 7.19. The summed E-state index contributed by atoms with van der Waals surface area (Å²) in [5, 5.41) is 13.4. The minimum Gasteiger partial charge on any atom is -0.506 e. The van der Waals surface area contributed by atoms with Crippen LogP contribution in [0.1, 0.15) is 18.9 Å². The van der Waals surface area contributed by atoms with Crippen LogP contribution in [0, 0.1) is 11.7 Å². The minimum atomic E-state index is -1.85. The zero-order chi connectivity index (χ0) is 15.9. The fourth-order valence-corrected chi connectivity index (χ4v) is 3.98. The Balaban J connectivity index is 1.85. The Morgan fingerprint density at radius 2 is 2.27 bits per heavy atom. The number of phenolic OH excluding ortho intramolecular Hbond substituents is 1. The van der Waals surface area contributed by atoms with Crippen molar-refractivity contribution >= 4 is 22.8 Å². The molecule has 1 aromatic carbocycles. The number of halogens is 1. The van der Waals surface area contributed by atoms with Gasteiger partial charge in [-0.05, 0) is 49.9 Å². The number of amides is 1.